The molecule has 1 aromatic rings. The molecule has 0 heterocycles. The van der Waals surface area contributed by atoms with Crippen molar-refractivity contribution in [3.05, 3.63) is 23.2 Å². The van der Waals surface area contributed by atoms with E-state index in [1.807, 2.05) is 0 Å². The first-order valence-electron chi connectivity index (χ1n) is 5.36. The molecular weight excluding hydrogens is 305 g/mol. The lowest BCUT2D eigenvalue weighted by Crippen LogP contribution is -2.11. The molecule has 0 aliphatic heterocycles. The SMILES string of the molecule is COc1cc(NC(=O)CCCCBr)ccc1Cl. The molecule has 0 aliphatic rings. The maximum atomic E-state index is 11.6. The van der Waals surface area contributed by atoms with Crippen molar-refractivity contribution in [2.45, 2.75) is 19.3 Å². The highest BCUT2D eigenvalue weighted by molar-refractivity contribution is 9.09. The minimum absolute atomic E-state index is 0.00956. The first kappa shape index (κ1) is 14.3. The van der Waals surface area contributed by atoms with E-state index in [9.17, 15) is 4.79 Å². The molecule has 0 aliphatic carbocycles. The number of unbranched alkanes of at least 4 members (excludes halogenated alkanes) is 1. The van der Waals surface area contributed by atoms with E-state index >= 15 is 0 Å². The van der Waals surface area contributed by atoms with Crippen LogP contribution in [0.1, 0.15) is 19.3 Å². The number of carbonyl (C=O) groups excluding carboxylic acids is 1. The zero-order valence-corrected chi connectivity index (χ0v) is 12.0. The molecule has 0 fully saturated rings. The van der Waals surface area contributed by atoms with Crippen LogP contribution < -0.4 is 10.1 Å². The molecule has 0 bridgehead atoms. The van der Waals surface area contributed by atoms with Crippen LogP contribution in [-0.4, -0.2) is 18.3 Å². The zero-order valence-electron chi connectivity index (χ0n) is 9.63. The van der Waals surface area contributed by atoms with Gasteiger partial charge in [0.25, 0.3) is 0 Å². The topological polar surface area (TPSA) is 38.3 Å². The molecule has 0 saturated carbocycles. The molecule has 94 valence electrons. The van der Waals surface area contributed by atoms with Crippen LogP contribution in [-0.2, 0) is 4.79 Å². The molecule has 0 radical (unpaired) electrons. The lowest BCUT2D eigenvalue weighted by atomic mass is 10.2. The van der Waals surface area contributed by atoms with Crippen LogP contribution >= 0.6 is 27.5 Å². The van der Waals surface area contributed by atoms with Crippen molar-refractivity contribution >= 4 is 39.1 Å². The molecule has 3 nitrogen and oxygen atoms in total. The van der Waals surface area contributed by atoms with E-state index in [1.54, 1.807) is 25.3 Å². The Hall–Kier alpha value is -0.740. The van der Waals surface area contributed by atoms with Crippen molar-refractivity contribution in [2.24, 2.45) is 0 Å². The molecule has 0 aromatic heterocycles. The molecule has 0 atom stereocenters. The van der Waals surface area contributed by atoms with Crippen molar-refractivity contribution in [2.75, 3.05) is 17.8 Å². The first-order chi connectivity index (χ1) is 8.17. The summed E-state index contributed by atoms with van der Waals surface area (Å²) in [6.45, 7) is 0. The minimum atomic E-state index is 0.00956. The third-order valence-corrected chi connectivity index (χ3v) is 3.10. The highest BCUT2D eigenvalue weighted by Gasteiger charge is 2.05. The number of halogens is 2. The number of amides is 1. The van der Waals surface area contributed by atoms with Gasteiger partial charge in [-0.05, 0) is 25.0 Å². The van der Waals surface area contributed by atoms with Gasteiger partial charge in [-0.3, -0.25) is 4.79 Å². The van der Waals surface area contributed by atoms with E-state index < -0.39 is 0 Å². The predicted octanol–water partition coefficient (Wildman–Crippen LogP) is 3.85. The summed E-state index contributed by atoms with van der Waals surface area (Å²) in [4.78, 5) is 11.6. The summed E-state index contributed by atoms with van der Waals surface area (Å²) < 4.78 is 5.08. The lowest BCUT2D eigenvalue weighted by Gasteiger charge is -2.08. The smallest absolute Gasteiger partial charge is 0.224 e. The Labute approximate surface area is 115 Å². The molecular formula is C12H15BrClNO2. The lowest BCUT2D eigenvalue weighted by molar-refractivity contribution is -0.116. The van der Waals surface area contributed by atoms with E-state index in [0.29, 0.717) is 22.9 Å². The number of anilines is 1. The van der Waals surface area contributed by atoms with Gasteiger partial charge in [0.15, 0.2) is 0 Å². The fraction of sp³-hybridized carbons (Fsp3) is 0.417. The summed E-state index contributed by atoms with van der Waals surface area (Å²) >= 11 is 9.22. The number of rotatable bonds is 6. The standard InChI is InChI=1S/C12H15BrClNO2/c1-17-11-8-9(5-6-10(11)14)15-12(16)4-2-3-7-13/h5-6,8H,2-4,7H2,1H3,(H,15,16). The van der Waals surface area contributed by atoms with E-state index in [4.69, 9.17) is 16.3 Å². The summed E-state index contributed by atoms with van der Waals surface area (Å²) in [5.41, 5.74) is 0.704. The quantitative estimate of drug-likeness (QED) is 0.638. The van der Waals surface area contributed by atoms with Gasteiger partial charge in [-0.1, -0.05) is 27.5 Å². The van der Waals surface area contributed by atoms with Gasteiger partial charge in [-0.25, -0.2) is 0 Å². The molecule has 17 heavy (non-hydrogen) atoms. The van der Waals surface area contributed by atoms with Crippen LogP contribution in [0.3, 0.4) is 0 Å². The number of hydrogen-bond acceptors (Lipinski definition) is 2. The molecule has 1 rings (SSSR count). The van der Waals surface area contributed by atoms with E-state index in [-0.39, 0.29) is 5.91 Å². The van der Waals surface area contributed by atoms with Crippen LogP contribution in [0.25, 0.3) is 0 Å². The van der Waals surface area contributed by atoms with Gasteiger partial charge in [0.05, 0.1) is 12.1 Å². The monoisotopic (exact) mass is 319 g/mol. The number of hydrogen-bond donors (Lipinski definition) is 1. The first-order valence-corrected chi connectivity index (χ1v) is 6.86. The summed E-state index contributed by atoms with van der Waals surface area (Å²) in [7, 11) is 1.54. The Morgan fingerprint density at radius 1 is 1.47 bits per heavy atom. The summed E-state index contributed by atoms with van der Waals surface area (Å²) in [5.74, 6) is 0.570. The predicted molar refractivity (Wildman–Crippen MR) is 74.3 cm³/mol. The van der Waals surface area contributed by atoms with Gasteiger partial charge in [0, 0.05) is 23.5 Å². The Kier molecular flexibility index (Phi) is 6.37. The fourth-order valence-electron chi connectivity index (χ4n) is 1.34. The number of alkyl halides is 1. The second kappa shape index (κ2) is 7.56. The fourth-order valence-corrected chi connectivity index (χ4v) is 1.93. The maximum Gasteiger partial charge on any atom is 0.224 e. The number of carbonyl (C=O) groups is 1. The van der Waals surface area contributed by atoms with Crippen molar-refractivity contribution in [1.82, 2.24) is 0 Å². The van der Waals surface area contributed by atoms with Crippen LogP contribution in [0.15, 0.2) is 18.2 Å². The van der Waals surface area contributed by atoms with Crippen molar-refractivity contribution in [3.8, 4) is 5.75 Å². The molecule has 5 heteroatoms. The third kappa shape index (κ3) is 4.96. The van der Waals surface area contributed by atoms with Gasteiger partial charge in [-0.15, -0.1) is 0 Å². The third-order valence-electron chi connectivity index (χ3n) is 2.22. The number of nitrogens with one attached hydrogen (secondary N) is 1. The molecule has 1 N–H and O–H groups in total. The summed E-state index contributed by atoms with van der Waals surface area (Å²) in [5, 5.41) is 4.27. The largest absolute Gasteiger partial charge is 0.495 e. The molecule has 0 spiro atoms. The number of benzene rings is 1. The highest BCUT2D eigenvalue weighted by Crippen LogP contribution is 2.27. The second-order valence-electron chi connectivity index (χ2n) is 3.54. The Balaban J connectivity index is 2.53. The Morgan fingerprint density at radius 2 is 2.24 bits per heavy atom. The summed E-state index contributed by atoms with van der Waals surface area (Å²) in [6, 6.07) is 5.17. The zero-order chi connectivity index (χ0) is 12.7. The highest BCUT2D eigenvalue weighted by atomic mass is 79.9. The minimum Gasteiger partial charge on any atom is -0.495 e. The molecule has 1 amide bonds. The van der Waals surface area contributed by atoms with Crippen molar-refractivity contribution < 1.29 is 9.53 Å². The number of methoxy groups -OCH3 is 1. The average molecular weight is 321 g/mol. The van der Waals surface area contributed by atoms with Gasteiger partial charge in [0.1, 0.15) is 5.75 Å². The molecule has 1 aromatic carbocycles. The van der Waals surface area contributed by atoms with Crippen LogP contribution in [0.4, 0.5) is 5.69 Å². The van der Waals surface area contributed by atoms with E-state index in [2.05, 4.69) is 21.2 Å². The van der Waals surface area contributed by atoms with Gasteiger partial charge in [0.2, 0.25) is 5.91 Å². The van der Waals surface area contributed by atoms with Crippen LogP contribution in [0.5, 0.6) is 5.75 Å². The van der Waals surface area contributed by atoms with Gasteiger partial charge in [-0.2, -0.15) is 0 Å². The second-order valence-corrected chi connectivity index (χ2v) is 4.74. The van der Waals surface area contributed by atoms with Gasteiger partial charge < -0.3 is 10.1 Å². The van der Waals surface area contributed by atoms with Crippen LogP contribution in [0.2, 0.25) is 5.02 Å². The molecule has 0 unspecified atom stereocenters. The molecule has 0 saturated heterocycles. The van der Waals surface area contributed by atoms with E-state index in [1.165, 1.54) is 0 Å². The Morgan fingerprint density at radius 3 is 2.88 bits per heavy atom. The normalized spacial score (nSPS) is 10.1. The van der Waals surface area contributed by atoms with Crippen molar-refractivity contribution in [1.29, 1.82) is 0 Å². The Bertz CT molecular complexity index is 385. The van der Waals surface area contributed by atoms with Crippen molar-refractivity contribution in [3.63, 3.8) is 0 Å². The van der Waals surface area contributed by atoms with Gasteiger partial charge >= 0.3 is 0 Å². The van der Waals surface area contributed by atoms with Crippen LogP contribution in [0, 0.1) is 0 Å². The summed E-state index contributed by atoms with van der Waals surface area (Å²) in [6.07, 6.45) is 2.40. The maximum absolute atomic E-state index is 11.6. The number of ether oxygens (including phenoxy) is 1. The average Bonchev–Trinajstić information content (AvgIpc) is 2.32. The van der Waals surface area contributed by atoms with E-state index in [0.717, 1.165) is 18.2 Å².